The quantitative estimate of drug-likeness (QED) is 0.682. The van der Waals surface area contributed by atoms with Crippen molar-refractivity contribution in [1.29, 1.82) is 0 Å². The second kappa shape index (κ2) is 9.49. The SMILES string of the molecule is COc1cc(CC(=O)N2CCN(Cc3ccc(Cl)s3)CC2)cc(OC)c1OC. The van der Waals surface area contributed by atoms with Crippen LogP contribution in [0.4, 0.5) is 0 Å². The van der Waals surface area contributed by atoms with E-state index >= 15 is 0 Å². The van der Waals surface area contributed by atoms with Crippen molar-refractivity contribution in [1.82, 2.24) is 9.80 Å². The zero-order chi connectivity index (χ0) is 20.1. The van der Waals surface area contributed by atoms with Gasteiger partial charge in [0.1, 0.15) is 0 Å². The van der Waals surface area contributed by atoms with E-state index in [0.717, 1.165) is 42.6 Å². The first-order chi connectivity index (χ1) is 13.5. The molecule has 1 aliphatic heterocycles. The fourth-order valence-corrected chi connectivity index (χ4v) is 4.47. The van der Waals surface area contributed by atoms with E-state index in [1.165, 1.54) is 4.88 Å². The van der Waals surface area contributed by atoms with Gasteiger partial charge < -0.3 is 19.1 Å². The molecule has 1 saturated heterocycles. The summed E-state index contributed by atoms with van der Waals surface area (Å²) in [6.45, 7) is 4.05. The van der Waals surface area contributed by atoms with E-state index in [9.17, 15) is 4.79 Å². The van der Waals surface area contributed by atoms with Crippen LogP contribution >= 0.6 is 22.9 Å². The summed E-state index contributed by atoms with van der Waals surface area (Å²) in [5.74, 6) is 1.75. The smallest absolute Gasteiger partial charge is 0.227 e. The van der Waals surface area contributed by atoms with Crippen LogP contribution in [0.1, 0.15) is 10.4 Å². The Morgan fingerprint density at radius 2 is 1.68 bits per heavy atom. The van der Waals surface area contributed by atoms with Crippen LogP contribution in [0.5, 0.6) is 17.2 Å². The van der Waals surface area contributed by atoms with E-state index < -0.39 is 0 Å². The maximum absolute atomic E-state index is 12.8. The molecule has 0 unspecified atom stereocenters. The molecule has 0 atom stereocenters. The minimum absolute atomic E-state index is 0.105. The Labute approximate surface area is 174 Å². The van der Waals surface area contributed by atoms with Crippen LogP contribution in [0.15, 0.2) is 24.3 Å². The summed E-state index contributed by atoms with van der Waals surface area (Å²) in [7, 11) is 4.71. The van der Waals surface area contributed by atoms with Crippen LogP contribution in [-0.2, 0) is 17.8 Å². The first kappa shape index (κ1) is 20.8. The monoisotopic (exact) mass is 424 g/mol. The third-order valence-electron chi connectivity index (χ3n) is 4.81. The van der Waals surface area contributed by atoms with Gasteiger partial charge in [0.2, 0.25) is 11.7 Å². The first-order valence-corrected chi connectivity index (χ1v) is 10.3. The Balaban J connectivity index is 1.58. The van der Waals surface area contributed by atoms with Gasteiger partial charge in [0.25, 0.3) is 0 Å². The second-order valence-electron chi connectivity index (χ2n) is 6.57. The minimum atomic E-state index is 0.105. The lowest BCUT2D eigenvalue weighted by molar-refractivity contribution is -0.132. The van der Waals surface area contributed by atoms with Crippen molar-refractivity contribution in [3.05, 3.63) is 39.0 Å². The van der Waals surface area contributed by atoms with Gasteiger partial charge in [-0.1, -0.05) is 11.6 Å². The van der Waals surface area contributed by atoms with E-state index in [-0.39, 0.29) is 5.91 Å². The van der Waals surface area contributed by atoms with Crippen LogP contribution in [-0.4, -0.2) is 63.2 Å². The van der Waals surface area contributed by atoms with Crippen LogP contribution < -0.4 is 14.2 Å². The molecule has 0 bridgehead atoms. The predicted octanol–water partition coefficient (Wildman–Crippen LogP) is 3.31. The van der Waals surface area contributed by atoms with Gasteiger partial charge in [-0.15, -0.1) is 11.3 Å². The zero-order valence-corrected chi connectivity index (χ0v) is 17.9. The lowest BCUT2D eigenvalue weighted by atomic mass is 10.1. The fraction of sp³-hybridized carbons (Fsp3) is 0.450. The minimum Gasteiger partial charge on any atom is -0.493 e. The highest BCUT2D eigenvalue weighted by Crippen LogP contribution is 2.38. The molecule has 6 nitrogen and oxygen atoms in total. The van der Waals surface area contributed by atoms with Crippen molar-refractivity contribution >= 4 is 28.8 Å². The molecule has 0 N–H and O–H groups in total. The number of rotatable bonds is 7. The van der Waals surface area contributed by atoms with Gasteiger partial charge in [-0.3, -0.25) is 9.69 Å². The highest BCUT2D eigenvalue weighted by atomic mass is 35.5. The van der Waals surface area contributed by atoms with Crippen molar-refractivity contribution in [2.75, 3.05) is 47.5 Å². The van der Waals surface area contributed by atoms with Crippen molar-refractivity contribution in [3.63, 3.8) is 0 Å². The van der Waals surface area contributed by atoms with Gasteiger partial charge in [0, 0.05) is 37.6 Å². The molecule has 1 amide bonds. The molecule has 1 aliphatic rings. The summed E-state index contributed by atoms with van der Waals surface area (Å²) in [6, 6.07) is 7.65. The molecule has 8 heteroatoms. The van der Waals surface area contributed by atoms with Crippen molar-refractivity contribution in [2.45, 2.75) is 13.0 Å². The molecule has 0 saturated carbocycles. The number of thiophene rings is 1. The number of carbonyl (C=O) groups is 1. The normalized spacial score (nSPS) is 14.8. The fourth-order valence-electron chi connectivity index (χ4n) is 3.34. The zero-order valence-electron chi connectivity index (χ0n) is 16.4. The number of nitrogens with zero attached hydrogens (tertiary/aromatic N) is 2. The molecule has 1 aromatic heterocycles. The van der Waals surface area contributed by atoms with E-state index in [2.05, 4.69) is 11.0 Å². The van der Waals surface area contributed by atoms with Gasteiger partial charge in [-0.25, -0.2) is 0 Å². The van der Waals surface area contributed by atoms with Crippen molar-refractivity contribution < 1.29 is 19.0 Å². The number of halogens is 1. The lowest BCUT2D eigenvalue weighted by Crippen LogP contribution is -2.48. The van der Waals surface area contributed by atoms with E-state index in [1.54, 1.807) is 32.7 Å². The molecule has 2 aromatic rings. The summed E-state index contributed by atoms with van der Waals surface area (Å²) >= 11 is 7.61. The Bertz CT molecular complexity index is 793. The molecule has 28 heavy (non-hydrogen) atoms. The molecular formula is C20H25ClN2O4S. The Morgan fingerprint density at radius 3 is 2.18 bits per heavy atom. The Hall–Kier alpha value is -1.96. The van der Waals surface area contributed by atoms with Gasteiger partial charge in [-0.05, 0) is 29.8 Å². The average molecular weight is 425 g/mol. The van der Waals surface area contributed by atoms with Crippen molar-refractivity contribution in [3.8, 4) is 17.2 Å². The molecule has 1 aromatic carbocycles. The predicted molar refractivity (Wildman–Crippen MR) is 111 cm³/mol. The van der Waals surface area contributed by atoms with Crippen molar-refractivity contribution in [2.24, 2.45) is 0 Å². The van der Waals surface area contributed by atoms with Gasteiger partial charge in [0.05, 0.1) is 32.1 Å². The average Bonchev–Trinajstić information content (AvgIpc) is 3.12. The summed E-state index contributed by atoms with van der Waals surface area (Å²) in [4.78, 5) is 18.3. The van der Waals surface area contributed by atoms with Gasteiger partial charge >= 0.3 is 0 Å². The third kappa shape index (κ3) is 4.90. The number of amides is 1. The molecule has 2 heterocycles. The summed E-state index contributed by atoms with van der Waals surface area (Å²) in [5, 5.41) is 0. The van der Waals surface area contributed by atoms with Crippen LogP contribution in [0.2, 0.25) is 4.34 Å². The largest absolute Gasteiger partial charge is 0.493 e. The molecular weight excluding hydrogens is 400 g/mol. The summed E-state index contributed by atoms with van der Waals surface area (Å²) in [5.41, 5.74) is 0.843. The molecule has 0 spiro atoms. The molecule has 0 radical (unpaired) electrons. The number of carbonyl (C=O) groups excluding carboxylic acids is 1. The van der Waals surface area contributed by atoms with E-state index in [4.69, 9.17) is 25.8 Å². The van der Waals surface area contributed by atoms with E-state index in [0.29, 0.717) is 23.7 Å². The highest BCUT2D eigenvalue weighted by Gasteiger charge is 2.23. The lowest BCUT2D eigenvalue weighted by Gasteiger charge is -2.34. The summed E-state index contributed by atoms with van der Waals surface area (Å²) in [6.07, 6.45) is 0.303. The summed E-state index contributed by atoms with van der Waals surface area (Å²) < 4.78 is 16.9. The van der Waals surface area contributed by atoms with Crippen LogP contribution in [0.3, 0.4) is 0 Å². The topological polar surface area (TPSA) is 51.2 Å². The molecule has 152 valence electrons. The maximum Gasteiger partial charge on any atom is 0.227 e. The van der Waals surface area contributed by atoms with Crippen LogP contribution in [0.25, 0.3) is 0 Å². The second-order valence-corrected chi connectivity index (χ2v) is 8.37. The highest BCUT2D eigenvalue weighted by molar-refractivity contribution is 7.16. The number of hydrogen-bond donors (Lipinski definition) is 0. The number of benzene rings is 1. The maximum atomic E-state index is 12.8. The van der Waals surface area contributed by atoms with Gasteiger partial charge in [0.15, 0.2) is 11.5 Å². The third-order valence-corrected chi connectivity index (χ3v) is 6.03. The van der Waals surface area contributed by atoms with Gasteiger partial charge in [-0.2, -0.15) is 0 Å². The number of hydrogen-bond acceptors (Lipinski definition) is 6. The van der Waals surface area contributed by atoms with E-state index in [1.807, 2.05) is 23.1 Å². The molecule has 3 rings (SSSR count). The number of methoxy groups -OCH3 is 3. The molecule has 0 aliphatic carbocycles. The number of ether oxygens (including phenoxy) is 3. The molecule has 1 fully saturated rings. The van der Waals surface area contributed by atoms with Crippen LogP contribution in [0, 0.1) is 0 Å². The Morgan fingerprint density at radius 1 is 1.04 bits per heavy atom. The Kier molecular flexibility index (Phi) is 7.04. The number of piperazine rings is 1. The first-order valence-electron chi connectivity index (χ1n) is 9.07. The standard InChI is InChI=1S/C20H25ClN2O4S/c1-25-16-10-14(11-17(26-2)20(16)27-3)12-19(24)23-8-6-22(7-9-23)13-15-4-5-18(21)28-15/h4-5,10-11H,6-9,12-13H2,1-3H3.